The van der Waals surface area contributed by atoms with Crippen LogP contribution in [0.15, 0.2) is 121 Å². The van der Waals surface area contributed by atoms with Crippen molar-refractivity contribution in [3.8, 4) is 0 Å². The van der Waals surface area contributed by atoms with Gasteiger partial charge in [-0.25, -0.2) is 0 Å². The van der Waals surface area contributed by atoms with Gasteiger partial charge < -0.3 is 69.1 Å². The Labute approximate surface area is 678 Å². The number of hydrogen-bond donors (Lipinski definition) is 4. The maximum Gasteiger partial charge on any atom is 0.219 e. The molecule has 92 heavy (non-hydrogen) atoms. The van der Waals surface area contributed by atoms with E-state index in [9.17, 15) is 44.1 Å². The molecule has 8 fully saturated rings. The van der Waals surface area contributed by atoms with E-state index in [1.165, 1.54) is 40.2 Å². The first-order valence-electron chi connectivity index (χ1n) is 34.5. The molecule has 0 spiro atoms. The average molecular weight is 1700 g/mol. The van der Waals surface area contributed by atoms with Crippen LogP contribution in [-0.2, 0) is 164 Å². The second kappa shape index (κ2) is 45.4. The standard InChI is InChI=1S/C22H25N2O2.C16H16IN.C11H17N2O3.C9H15N2O2.C6H8NO2.C3H8O.2CH4.4Y.6H2/c25-17-23-13-11-22(26,12-14-23)20-15-24(16-20)21(18-7-3-1-4-8-18)19-9-5-2-6-10-19;17-15-11-18(12-15)16(13-7-3-1-4-8-13)14-9-5-2-6-10-14;1-9(15)13-6-10(7-13)11(16)2-4-12(8-14)5-3-11;12-7-11-3-1-9(13,2-4-11)8-5-10-6-8;8-5-7-3-1-6(9)2-4-7;1-3-4-2;;;;;;;;;;;;/h1-10,20-21,26H,11-16H2;1-10,15-16H,11-12H2;10,16H,2-7H2,1H3;8,10,13H,1-6H2;1-4H2;3H2,1-2H3;2*1H4;;;;;6*1H/q-1;;3*-1;;;;;;;;;;;;;/i;;;;;;;;;;;;4*1+1D;2*1+1. The number of rotatable bonds is 14. The summed E-state index contributed by atoms with van der Waals surface area (Å²) in [4.78, 5) is 76.2. The van der Waals surface area contributed by atoms with Gasteiger partial charge in [0.1, 0.15) is 5.78 Å². The van der Waals surface area contributed by atoms with E-state index in [4.69, 9.17) is 11.9 Å². The minimum absolute atomic E-state index is 0. The molecule has 12 rings (SSSR count). The van der Waals surface area contributed by atoms with Crippen molar-refractivity contribution in [2.75, 3.05) is 118 Å². The fourth-order valence-corrected chi connectivity index (χ4v) is 13.3. The van der Waals surface area contributed by atoms with Gasteiger partial charge in [0.2, 0.25) is 5.91 Å². The first-order chi connectivity index (χ1) is 45.6. The van der Waals surface area contributed by atoms with Crippen molar-refractivity contribution in [2.24, 2.45) is 17.8 Å². The number of Topliss-reactive ketones (excluding diaryl/α,β-unsaturated/α-hetero) is 1. The van der Waals surface area contributed by atoms with Gasteiger partial charge >= 0.3 is 0 Å². The number of benzene rings is 4. The van der Waals surface area contributed by atoms with Crippen molar-refractivity contribution in [3.63, 3.8) is 0 Å². The smallest absolute Gasteiger partial charge is 0.219 e. The average Bonchev–Trinajstić information content (AvgIpc) is 0.774. The Hall–Kier alpha value is -1.23. The number of ketones is 1. The summed E-state index contributed by atoms with van der Waals surface area (Å²) in [6.45, 7) is 16.4. The number of hydrogen-bond acceptors (Lipinski definition) is 13. The van der Waals surface area contributed by atoms with Gasteiger partial charge in [0.15, 0.2) is 0 Å². The molecule has 0 atom stereocenters. The Morgan fingerprint density at radius 3 is 1.05 bits per heavy atom. The third kappa shape index (κ3) is 26.1. The zero-order chi connectivity index (χ0) is 69.5. The number of ether oxygens (including phenoxy) is 1. The molecule has 4 aromatic rings. The van der Waals surface area contributed by atoms with Gasteiger partial charge in [0.05, 0.1) is 28.9 Å². The quantitative estimate of drug-likeness (QED) is 0.0536. The van der Waals surface area contributed by atoms with Gasteiger partial charge in [0.25, 0.3) is 0 Å². The molecule has 508 valence electrons. The molecule has 4 N–H and O–H groups in total. The van der Waals surface area contributed by atoms with E-state index in [1.54, 1.807) is 40.0 Å². The Morgan fingerprint density at radius 1 is 0.533 bits per heavy atom. The number of nitrogens with zero attached hydrogens (tertiary/aromatic N) is 7. The summed E-state index contributed by atoms with van der Waals surface area (Å²) in [5, 5.41) is 34.8. The molecule has 8 aliphatic heterocycles. The van der Waals surface area contributed by atoms with E-state index < -0.39 is 16.8 Å². The van der Waals surface area contributed by atoms with E-state index in [0.29, 0.717) is 129 Å². The zero-order valence-corrected chi connectivity index (χ0v) is 66.2. The summed E-state index contributed by atoms with van der Waals surface area (Å²) in [5.74, 6) is 1.15. The summed E-state index contributed by atoms with van der Waals surface area (Å²) >= 11 is 2.54. The van der Waals surface area contributed by atoms with Crippen molar-refractivity contribution in [2.45, 2.75) is 113 Å². The molecular formula is C69H109IN8O10Y4-4. The van der Waals surface area contributed by atoms with Crippen molar-refractivity contribution in [1.82, 2.24) is 39.6 Å². The number of methoxy groups -OCH3 is 1. The van der Waals surface area contributed by atoms with Crippen molar-refractivity contribution < 1.29 is 194 Å². The predicted molar refractivity (Wildman–Crippen MR) is 366 cm³/mol. The number of aliphatic hydroxyl groups is 3. The van der Waals surface area contributed by atoms with Crippen LogP contribution in [-0.4, -0.2) is 226 Å². The molecule has 8 heterocycles. The van der Waals surface area contributed by atoms with Crippen LogP contribution < -0.4 is 5.32 Å². The zero-order valence-electron chi connectivity index (χ0n) is 60.7. The van der Waals surface area contributed by atoms with Crippen molar-refractivity contribution in [3.05, 3.63) is 144 Å². The Kier molecular flexibility index (Phi) is 40.2. The molecule has 5 amide bonds. The molecule has 18 nitrogen and oxygen atoms in total. The van der Waals surface area contributed by atoms with Gasteiger partial charge in [0, 0.05) is 253 Å². The number of likely N-dealkylation sites (tertiary alicyclic amines) is 7. The number of carbonyl (C=O) groups excluding carboxylic acids is 6. The molecule has 4 radical (unpaired) electrons. The largest absolute Gasteiger partial charge is 0.520 e. The fourth-order valence-electron chi connectivity index (χ4n) is 12.3. The van der Waals surface area contributed by atoms with Gasteiger partial charge in [-0.3, -0.25) is 19.4 Å². The third-order valence-corrected chi connectivity index (χ3v) is 19.2. The third-order valence-electron chi connectivity index (χ3n) is 18.4. The molecule has 23 heteroatoms. The van der Waals surface area contributed by atoms with Crippen LogP contribution in [0.5, 0.6) is 0 Å². The molecule has 0 saturated carbocycles. The van der Waals surface area contributed by atoms with Gasteiger partial charge in [-0.1, -0.05) is 159 Å². The first-order valence-corrected chi connectivity index (χ1v) is 31.8. The SMILES string of the molecule is C.C.CC(=O)N1CC(C2(O)CCN([C-]=O)CC2)C1.CCOC.IC1CN(C(c2ccccc2)c2ccccc2)C1.O=[C-]N1CCC(=O)CC1.O=[C-]N1CCC(O)(C2CN(C(c3ccccc3)c3ccccc3)C2)CC1.O=[C-]N1CCC(O)(C2CNC2)CC1.[2HH].[2HH].[2H][2H].[2H][2H].[2H][2H].[2H][2H].[Y].[Y].[Y].[Y]. The van der Waals surface area contributed by atoms with Crippen LogP contribution in [0.2, 0.25) is 0 Å². The van der Waals surface area contributed by atoms with E-state index in [0.717, 1.165) is 36.7 Å². The van der Waals surface area contributed by atoms with Crippen LogP contribution >= 0.6 is 22.6 Å². The molecule has 0 bridgehead atoms. The molecule has 4 aromatic carbocycles. The second-order valence-electron chi connectivity index (χ2n) is 23.9. The number of carbonyl (C=O) groups is 2. The number of piperidine rings is 4. The van der Waals surface area contributed by atoms with Crippen LogP contribution in [0.25, 0.3) is 0 Å². The topological polar surface area (TPSA) is 207 Å². The van der Waals surface area contributed by atoms with Crippen LogP contribution in [0.4, 0.5) is 0 Å². The summed E-state index contributed by atoms with van der Waals surface area (Å²) in [6.07, 6.45) is 12.4. The Balaban J connectivity index is -0.000000274. The minimum atomic E-state index is -0.695. The monoisotopic (exact) mass is 1700 g/mol. The molecule has 0 unspecified atom stereocenters. The summed E-state index contributed by atoms with van der Waals surface area (Å²) in [5.41, 5.74) is 3.49. The molecule has 8 saturated heterocycles. The number of nitrogens with one attached hydrogen (secondary N) is 1. The normalized spacial score (nSPS) is 20.1. The van der Waals surface area contributed by atoms with Gasteiger partial charge in [-0.2, -0.15) is 25.6 Å². The first kappa shape index (κ1) is 81.4. The minimum Gasteiger partial charge on any atom is -0.520 e. The van der Waals surface area contributed by atoms with Gasteiger partial charge in [-0.05, 0) is 120 Å². The molecule has 0 aliphatic carbocycles. The summed E-state index contributed by atoms with van der Waals surface area (Å²) in [6, 6.07) is 43.4. The van der Waals surface area contributed by atoms with E-state index in [1.807, 2.05) is 38.3 Å². The van der Waals surface area contributed by atoms with Crippen LogP contribution in [0, 0.1) is 17.8 Å². The predicted octanol–water partition coefficient (Wildman–Crippen LogP) is 8.07. The van der Waals surface area contributed by atoms with Crippen molar-refractivity contribution in [1.29, 1.82) is 0 Å². The van der Waals surface area contributed by atoms with Crippen LogP contribution in [0.3, 0.4) is 0 Å². The maximum absolute atomic E-state index is 11.1. The molecule has 0 aromatic heterocycles. The van der Waals surface area contributed by atoms with E-state index in [-0.39, 0.29) is 178 Å². The number of amides is 5. The fraction of sp³-hybridized carbons (Fsp3) is 0.565. The maximum atomic E-state index is 11.1. The van der Waals surface area contributed by atoms with Crippen LogP contribution in [0.1, 0.15) is 129 Å². The second-order valence-corrected chi connectivity index (χ2v) is 25.6. The Bertz CT molecular complexity index is 2640. The summed E-state index contributed by atoms with van der Waals surface area (Å²) < 4.78 is 45.3. The van der Waals surface area contributed by atoms with E-state index in [2.05, 4.69) is 152 Å². The van der Waals surface area contributed by atoms with Crippen molar-refractivity contribution >= 4 is 59.9 Å². The van der Waals surface area contributed by atoms with E-state index >= 15 is 0 Å². The molecular weight excluding hydrogens is 1580 g/mol. The number of halogens is 1. The van der Waals surface area contributed by atoms with Gasteiger partial charge in [-0.15, -0.1) is 0 Å². The Morgan fingerprint density at radius 2 is 0.804 bits per heavy atom. The molecule has 8 aliphatic rings. The number of alkyl halides is 1. The summed E-state index contributed by atoms with van der Waals surface area (Å²) in [7, 11) is 1.68.